The molecule has 3 heterocycles. The molecule has 2 aliphatic carbocycles. The molecule has 0 radical (unpaired) electrons. The maximum absolute atomic E-state index is 13.8. The molecule has 1 aliphatic heterocycles. The largest absolute Gasteiger partial charge is 0.496 e. The van der Waals surface area contributed by atoms with E-state index in [4.69, 9.17) is 19.4 Å². The summed E-state index contributed by atoms with van der Waals surface area (Å²) < 4.78 is 12.3. The predicted molar refractivity (Wildman–Crippen MR) is 176 cm³/mol. The Bertz CT molecular complexity index is 1700. The zero-order valence-electron chi connectivity index (χ0n) is 27.0. The number of pyridine rings is 1. The SMILES string of the molecule is COc1ccc2c(OC3C[C@@H]4C(=O)N[C@]5(C(=O)O)C[C@@H]5C=CCCCCN(C)C(=O)[C@H]4C3)cc(-c3nc(C(C)C)cs3)nc2c1C. The van der Waals surface area contributed by atoms with Gasteiger partial charge < -0.3 is 24.8 Å². The summed E-state index contributed by atoms with van der Waals surface area (Å²) in [4.78, 5) is 51.5. The third-order valence-electron chi connectivity index (χ3n) is 9.77. The second kappa shape index (κ2) is 12.7. The van der Waals surface area contributed by atoms with Crippen LogP contribution in [0.15, 0.2) is 35.7 Å². The van der Waals surface area contributed by atoms with Crippen LogP contribution >= 0.6 is 11.3 Å². The van der Waals surface area contributed by atoms with E-state index in [0.717, 1.165) is 46.4 Å². The minimum Gasteiger partial charge on any atom is -0.496 e. The topological polar surface area (TPSA) is 131 Å². The second-order valence-corrected chi connectivity index (χ2v) is 14.1. The molecule has 11 heteroatoms. The summed E-state index contributed by atoms with van der Waals surface area (Å²) in [6.45, 7) is 6.75. The average Bonchev–Trinajstić information content (AvgIpc) is 3.33. The number of hydrogen-bond donors (Lipinski definition) is 2. The van der Waals surface area contributed by atoms with Gasteiger partial charge in [-0.3, -0.25) is 9.59 Å². The van der Waals surface area contributed by atoms with Gasteiger partial charge in [-0.2, -0.15) is 0 Å². The van der Waals surface area contributed by atoms with Crippen molar-refractivity contribution in [1.82, 2.24) is 20.2 Å². The van der Waals surface area contributed by atoms with Crippen molar-refractivity contribution in [3.63, 3.8) is 0 Å². The van der Waals surface area contributed by atoms with Crippen molar-refractivity contribution in [3.8, 4) is 22.2 Å². The lowest BCUT2D eigenvalue weighted by Gasteiger charge is -2.26. The molecule has 1 unspecified atom stereocenters. The van der Waals surface area contributed by atoms with Gasteiger partial charge in [0.1, 0.15) is 33.8 Å². The number of carbonyl (C=O) groups is 3. The number of carboxylic acid groups (broad SMARTS) is 1. The van der Waals surface area contributed by atoms with Crippen LogP contribution in [-0.4, -0.2) is 70.1 Å². The number of nitrogens with zero attached hydrogens (tertiary/aromatic N) is 3. The van der Waals surface area contributed by atoms with E-state index >= 15 is 0 Å². The number of amides is 2. The Morgan fingerprint density at radius 2 is 1.93 bits per heavy atom. The molecule has 3 aromatic rings. The molecule has 244 valence electrons. The van der Waals surface area contributed by atoms with E-state index in [9.17, 15) is 19.5 Å². The molecule has 2 fully saturated rings. The molecule has 2 N–H and O–H groups in total. The summed E-state index contributed by atoms with van der Waals surface area (Å²) >= 11 is 1.53. The van der Waals surface area contributed by atoms with Crippen LogP contribution in [-0.2, 0) is 14.4 Å². The zero-order chi connectivity index (χ0) is 32.7. The number of nitrogens with one attached hydrogen (secondary N) is 1. The number of thiazole rings is 1. The highest BCUT2D eigenvalue weighted by Crippen LogP contribution is 2.47. The zero-order valence-corrected chi connectivity index (χ0v) is 27.9. The number of aliphatic carboxylic acids is 1. The molecule has 0 saturated heterocycles. The number of fused-ring (bicyclic) bond motifs is 3. The fourth-order valence-electron chi connectivity index (χ4n) is 6.85. The third kappa shape index (κ3) is 5.97. The van der Waals surface area contributed by atoms with E-state index in [-0.39, 0.29) is 24.2 Å². The van der Waals surface area contributed by atoms with Crippen LogP contribution in [0.2, 0.25) is 0 Å². The Balaban J connectivity index is 1.35. The fourth-order valence-corrected chi connectivity index (χ4v) is 7.79. The molecular formula is C35H42N4O6S. The molecule has 2 aromatic heterocycles. The monoisotopic (exact) mass is 646 g/mol. The van der Waals surface area contributed by atoms with Gasteiger partial charge in [0.2, 0.25) is 11.8 Å². The summed E-state index contributed by atoms with van der Waals surface area (Å²) in [7, 11) is 3.41. The molecule has 2 saturated carbocycles. The van der Waals surface area contributed by atoms with Gasteiger partial charge in [-0.25, -0.2) is 14.8 Å². The van der Waals surface area contributed by atoms with Crippen molar-refractivity contribution >= 4 is 40.0 Å². The first-order valence-corrected chi connectivity index (χ1v) is 17.0. The Morgan fingerprint density at radius 1 is 1.15 bits per heavy atom. The van der Waals surface area contributed by atoms with Gasteiger partial charge in [0.25, 0.3) is 0 Å². The molecule has 5 atom stereocenters. The van der Waals surface area contributed by atoms with Crippen molar-refractivity contribution in [2.45, 2.75) is 76.9 Å². The summed E-state index contributed by atoms with van der Waals surface area (Å²) in [5, 5.41) is 16.6. The van der Waals surface area contributed by atoms with Crippen molar-refractivity contribution in [2.75, 3.05) is 20.7 Å². The van der Waals surface area contributed by atoms with Crippen molar-refractivity contribution in [1.29, 1.82) is 0 Å². The predicted octanol–water partition coefficient (Wildman–Crippen LogP) is 5.73. The van der Waals surface area contributed by atoms with Gasteiger partial charge in [-0.05, 0) is 63.5 Å². The standard InChI is InChI=1S/C35H42N4O6S/c1-19(2)27-18-46-32(37-27)26-16-29(23-11-12-28(44-5)20(3)30(23)36-26)45-22-14-24-25(15-22)33(41)39(4)13-9-7-6-8-10-21-17-35(21,34(42)43)38-31(24)40/h8,10-12,16,18-19,21-22,24-25H,6-7,9,13-15,17H2,1-5H3,(H,38,40)(H,42,43)/t21-,22?,24-,25-,35+/m0/s1. The highest BCUT2D eigenvalue weighted by Gasteiger charge is 2.61. The molecule has 46 heavy (non-hydrogen) atoms. The number of allylic oxidation sites excluding steroid dienone is 1. The Morgan fingerprint density at radius 3 is 2.65 bits per heavy atom. The Labute approximate surface area is 273 Å². The number of carboxylic acids is 1. The van der Waals surface area contributed by atoms with Crippen LogP contribution in [0.1, 0.15) is 69.5 Å². The molecule has 0 bridgehead atoms. The Hall–Kier alpha value is -3.99. The maximum atomic E-state index is 13.8. The van der Waals surface area contributed by atoms with Crippen molar-refractivity contribution in [3.05, 3.63) is 47.0 Å². The third-order valence-corrected chi connectivity index (χ3v) is 10.7. The first-order chi connectivity index (χ1) is 22.0. The lowest BCUT2D eigenvalue weighted by Crippen LogP contribution is -2.49. The lowest BCUT2D eigenvalue weighted by atomic mass is 9.93. The smallest absolute Gasteiger partial charge is 0.330 e. The van der Waals surface area contributed by atoms with Gasteiger partial charge in [-0.1, -0.05) is 26.0 Å². The molecule has 0 spiro atoms. The number of hydrogen-bond acceptors (Lipinski definition) is 8. The number of aromatic nitrogens is 2. The number of aryl methyl sites for hydroxylation is 1. The van der Waals surface area contributed by atoms with E-state index in [1.807, 2.05) is 42.7 Å². The molecule has 10 nitrogen and oxygen atoms in total. The maximum Gasteiger partial charge on any atom is 0.330 e. The number of carbonyl (C=O) groups excluding carboxylic acids is 2. The van der Waals surface area contributed by atoms with E-state index in [1.165, 1.54) is 11.3 Å². The van der Waals surface area contributed by atoms with Crippen LogP contribution in [0.25, 0.3) is 21.6 Å². The number of rotatable bonds is 6. The molecule has 6 rings (SSSR count). The molecule has 2 amide bonds. The van der Waals surface area contributed by atoms with E-state index in [0.29, 0.717) is 36.6 Å². The summed E-state index contributed by atoms with van der Waals surface area (Å²) in [6, 6.07) is 5.70. The van der Waals surface area contributed by atoms with Gasteiger partial charge in [-0.15, -0.1) is 11.3 Å². The van der Waals surface area contributed by atoms with E-state index in [2.05, 4.69) is 19.2 Å². The van der Waals surface area contributed by atoms with E-state index in [1.54, 1.807) is 19.1 Å². The van der Waals surface area contributed by atoms with Gasteiger partial charge in [0, 0.05) is 41.9 Å². The van der Waals surface area contributed by atoms with Crippen molar-refractivity contribution < 1.29 is 29.0 Å². The first kappa shape index (κ1) is 32.0. The van der Waals surface area contributed by atoms with Gasteiger partial charge in [0.15, 0.2) is 0 Å². The highest BCUT2D eigenvalue weighted by atomic mass is 32.1. The van der Waals surface area contributed by atoms with E-state index < -0.39 is 35.4 Å². The second-order valence-electron chi connectivity index (χ2n) is 13.2. The van der Waals surface area contributed by atoms with Crippen LogP contribution < -0.4 is 14.8 Å². The van der Waals surface area contributed by atoms with Gasteiger partial charge >= 0.3 is 5.97 Å². The number of benzene rings is 1. The van der Waals surface area contributed by atoms with Crippen LogP contribution in [0, 0.1) is 24.7 Å². The Kier molecular flexibility index (Phi) is 8.80. The lowest BCUT2D eigenvalue weighted by molar-refractivity contribution is -0.145. The quantitative estimate of drug-likeness (QED) is 0.325. The molecule has 3 aliphatic rings. The van der Waals surface area contributed by atoms with Crippen LogP contribution in [0.3, 0.4) is 0 Å². The summed E-state index contributed by atoms with van der Waals surface area (Å²) in [5.74, 6) is -1.58. The van der Waals surface area contributed by atoms with Crippen LogP contribution in [0.5, 0.6) is 11.5 Å². The molecular weight excluding hydrogens is 604 g/mol. The highest BCUT2D eigenvalue weighted by molar-refractivity contribution is 7.13. The van der Waals surface area contributed by atoms with Gasteiger partial charge in [0.05, 0.1) is 30.2 Å². The average molecular weight is 647 g/mol. The minimum absolute atomic E-state index is 0.111. The summed E-state index contributed by atoms with van der Waals surface area (Å²) in [5.41, 5.74) is 1.94. The minimum atomic E-state index is -1.33. The first-order valence-electron chi connectivity index (χ1n) is 16.1. The number of methoxy groups -OCH3 is 1. The van der Waals surface area contributed by atoms with Crippen molar-refractivity contribution in [2.24, 2.45) is 17.8 Å². The molecule has 1 aromatic carbocycles. The summed E-state index contributed by atoms with van der Waals surface area (Å²) in [6.07, 6.45) is 6.97. The fraction of sp³-hybridized carbons (Fsp3) is 0.514. The normalized spacial score (nSPS) is 26.8. The number of ether oxygens (including phenoxy) is 2. The van der Waals surface area contributed by atoms with Crippen LogP contribution in [0.4, 0.5) is 0 Å².